The summed E-state index contributed by atoms with van der Waals surface area (Å²) in [6.45, 7) is 6.48. The first kappa shape index (κ1) is 15.8. The Morgan fingerprint density at radius 2 is 2.10 bits per heavy atom. The zero-order valence-electron chi connectivity index (χ0n) is 13.2. The lowest BCUT2D eigenvalue weighted by Crippen LogP contribution is -2.40. The Hall–Kier alpha value is -1.60. The summed E-state index contributed by atoms with van der Waals surface area (Å²) in [5.41, 5.74) is 2.33. The second-order valence-corrected chi connectivity index (χ2v) is 6.31. The maximum absolute atomic E-state index is 10.7. The third-order valence-corrected chi connectivity index (χ3v) is 4.66. The number of aryl methyl sites for hydroxylation is 2. The average Bonchev–Trinajstić information content (AvgIpc) is 2.46. The standard InChI is InChI=1S/C17H25N3O/c1-4-14-5-7-17(21,8-6-14)11-19-16-9-12(2)20-13(3)15(16)10-18/h9,14,21H,4-8,11H2,1-3H3,(H,19,20). The molecule has 114 valence electrons. The monoisotopic (exact) mass is 287 g/mol. The Balaban J connectivity index is 2.05. The van der Waals surface area contributed by atoms with E-state index in [-0.39, 0.29) is 0 Å². The van der Waals surface area contributed by atoms with Gasteiger partial charge in [-0.05, 0) is 51.5 Å². The number of hydrogen-bond acceptors (Lipinski definition) is 4. The number of pyridine rings is 1. The van der Waals surface area contributed by atoms with E-state index in [0.29, 0.717) is 12.1 Å². The van der Waals surface area contributed by atoms with E-state index < -0.39 is 5.60 Å². The Labute approximate surface area is 127 Å². The third kappa shape index (κ3) is 3.74. The summed E-state index contributed by atoms with van der Waals surface area (Å²) in [5, 5.41) is 23.2. The SMILES string of the molecule is CCC1CCC(O)(CNc2cc(C)nc(C)c2C#N)CC1. The molecule has 2 N–H and O–H groups in total. The van der Waals surface area contributed by atoms with E-state index in [1.165, 1.54) is 6.42 Å². The van der Waals surface area contributed by atoms with Crippen molar-refractivity contribution in [3.63, 3.8) is 0 Å². The topological polar surface area (TPSA) is 68.9 Å². The number of hydrogen-bond donors (Lipinski definition) is 2. The lowest BCUT2D eigenvalue weighted by molar-refractivity contribution is 0.00229. The molecule has 0 saturated heterocycles. The molecule has 0 aliphatic heterocycles. The molecule has 0 unspecified atom stereocenters. The first-order valence-electron chi connectivity index (χ1n) is 7.82. The third-order valence-electron chi connectivity index (χ3n) is 4.66. The van der Waals surface area contributed by atoms with Gasteiger partial charge in [0, 0.05) is 12.2 Å². The Kier molecular flexibility index (Phi) is 4.84. The van der Waals surface area contributed by atoms with Gasteiger partial charge in [-0.15, -0.1) is 0 Å². The van der Waals surface area contributed by atoms with Crippen molar-refractivity contribution in [3.05, 3.63) is 23.0 Å². The lowest BCUT2D eigenvalue weighted by atomic mass is 9.78. The highest BCUT2D eigenvalue weighted by atomic mass is 16.3. The number of nitrogens with zero attached hydrogens (tertiary/aromatic N) is 2. The minimum Gasteiger partial charge on any atom is -0.388 e. The van der Waals surface area contributed by atoms with E-state index in [4.69, 9.17) is 0 Å². The molecule has 1 aliphatic carbocycles. The molecule has 1 aliphatic rings. The summed E-state index contributed by atoms with van der Waals surface area (Å²) in [7, 11) is 0. The van der Waals surface area contributed by atoms with Crippen LogP contribution in [0.15, 0.2) is 6.07 Å². The highest BCUT2D eigenvalue weighted by Gasteiger charge is 2.32. The summed E-state index contributed by atoms with van der Waals surface area (Å²) in [6, 6.07) is 4.08. The molecule has 4 heteroatoms. The van der Waals surface area contributed by atoms with E-state index >= 15 is 0 Å². The van der Waals surface area contributed by atoms with Gasteiger partial charge in [0.15, 0.2) is 0 Å². The molecule has 0 bridgehead atoms. The van der Waals surface area contributed by atoms with E-state index in [1.807, 2.05) is 19.9 Å². The molecule has 1 aromatic heterocycles. The van der Waals surface area contributed by atoms with Gasteiger partial charge >= 0.3 is 0 Å². The van der Waals surface area contributed by atoms with Gasteiger partial charge in [0.1, 0.15) is 6.07 Å². The van der Waals surface area contributed by atoms with Crippen LogP contribution >= 0.6 is 0 Å². The first-order valence-corrected chi connectivity index (χ1v) is 7.82. The second-order valence-electron chi connectivity index (χ2n) is 6.31. The Bertz CT molecular complexity index is 540. The molecule has 1 aromatic rings. The molecule has 0 atom stereocenters. The van der Waals surface area contributed by atoms with Gasteiger partial charge in [-0.2, -0.15) is 5.26 Å². The fourth-order valence-corrected chi connectivity index (χ4v) is 3.17. The van der Waals surface area contributed by atoms with Crippen LogP contribution < -0.4 is 5.32 Å². The van der Waals surface area contributed by atoms with Crippen LogP contribution in [-0.2, 0) is 0 Å². The number of anilines is 1. The zero-order valence-corrected chi connectivity index (χ0v) is 13.2. The normalized spacial score (nSPS) is 25.4. The molecule has 1 saturated carbocycles. The van der Waals surface area contributed by atoms with Crippen molar-refractivity contribution in [1.82, 2.24) is 4.98 Å². The summed E-state index contributed by atoms with van der Waals surface area (Å²) in [4.78, 5) is 4.31. The number of nitriles is 1. The summed E-state index contributed by atoms with van der Waals surface area (Å²) >= 11 is 0. The molecular weight excluding hydrogens is 262 g/mol. The van der Waals surface area contributed by atoms with E-state index in [9.17, 15) is 10.4 Å². The predicted molar refractivity (Wildman–Crippen MR) is 84.1 cm³/mol. The van der Waals surface area contributed by atoms with Gasteiger partial charge in [-0.25, -0.2) is 0 Å². The number of aromatic nitrogens is 1. The molecule has 0 amide bonds. The largest absolute Gasteiger partial charge is 0.388 e. The van der Waals surface area contributed by atoms with Crippen LogP contribution in [0, 0.1) is 31.1 Å². The van der Waals surface area contributed by atoms with Crippen LogP contribution in [0.4, 0.5) is 5.69 Å². The van der Waals surface area contributed by atoms with Crippen molar-refractivity contribution in [3.8, 4) is 6.07 Å². The average molecular weight is 287 g/mol. The van der Waals surface area contributed by atoms with E-state index in [1.54, 1.807) is 0 Å². The highest BCUT2D eigenvalue weighted by Crippen LogP contribution is 2.34. The molecule has 2 rings (SSSR count). The quantitative estimate of drug-likeness (QED) is 0.891. The Morgan fingerprint density at radius 3 is 2.67 bits per heavy atom. The predicted octanol–water partition coefficient (Wildman–Crippen LogP) is 3.31. The maximum atomic E-state index is 10.7. The molecule has 21 heavy (non-hydrogen) atoms. The van der Waals surface area contributed by atoms with Crippen LogP contribution in [0.5, 0.6) is 0 Å². The Morgan fingerprint density at radius 1 is 1.43 bits per heavy atom. The lowest BCUT2D eigenvalue weighted by Gasteiger charge is -2.36. The van der Waals surface area contributed by atoms with Crippen molar-refractivity contribution < 1.29 is 5.11 Å². The van der Waals surface area contributed by atoms with Crippen molar-refractivity contribution >= 4 is 5.69 Å². The van der Waals surface area contributed by atoms with Crippen molar-refractivity contribution in [2.45, 2.75) is 58.5 Å². The van der Waals surface area contributed by atoms with Gasteiger partial charge in [0.2, 0.25) is 0 Å². The number of rotatable bonds is 4. The summed E-state index contributed by atoms with van der Waals surface area (Å²) in [6.07, 6.45) is 5.06. The van der Waals surface area contributed by atoms with Crippen molar-refractivity contribution in [1.29, 1.82) is 5.26 Å². The van der Waals surface area contributed by atoms with Gasteiger partial charge in [-0.3, -0.25) is 4.98 Å². The van der Waals surface area contributed by atoms with E-state index in [0.717, 1.165) is 48.7 Å². The molecule has 1 fully saturated rings. The fraction of sp³-hybridized carbons (Fsp3) is 0.647. The van der Waals surface area contributed by atoms with Gasteiger partial charge in [-0.1, -0.05) is 13.3 Å². The van der Waals surface area contributed by atoms with Crippen LogP contribution in [0.2, 0.25) is 0 Å². The molecule has 0 aromatic carbocycles. The van der Waals surface area contributed by atoms with Crippen LogP contribution in [0.1, 0.15) is 56.0 Å². The van der Waals surface area contributed by atoms with Crippen molar-refractivity contribution in [2.24, 2.45) is 5.92 Å². The van der Waals surface area contributed by atoms with E-state index in [2.05, 4.69) is 23.3 Å². The molecule has 0 spiro atoms. The molecule has 1 heterocycles. The number of nitrogens with one attached hydrogen (secondary N) is 1. The smallest absolute Gasteiger partial charge is 0.103 e. The minimum atomic E-state index is -0.649. The summed E-state index contributed by atoms with van der Waals surface area (Å²) < 4.78 is 0. The first-order chi connectivity index (χ1) is 9.97. The van der Waals surface area contributed by atoms with Crippen molar-refractivity contribution in [2.75, 3.05) is 11.9 Å². The molecular formula is C17H25N3O. The fourth-order valence-electron chi connectivity index (χ4n) is 3.17. The van der Waals surface area contributed by atoms with Gasteiger partial charge in [0.05, 0.1) is 22.5 Å². The van der Waals surface area contributed by atoms with Crippen LogP contribution in [-0.4, -0.2) is 22.2 Å². The minimum absolute atomic E-state index is 0.501. The van der Waals surface area contributed by atoms with Gasteiger partial charge in [0.25, 0.3) is 0 Å². The van der Waals surface area contributed by atoms with Crippen LogP contribution in [0.25, 0.3) is 0 Å². The summed E-state index contributed by atoms with van der Waals surface area (Å²) in [5.74, 6) is 0.755. The maximum Gasteiger partial charge on any atom is 0.103 e. The number of aliphatic hydroxyl groups is 1. The molecule has 4 nitrogen and oxygen atoms in total. The molecule has 0 radical (unpaired) electrons. The second kappa shape index (κ2) is 6.44. The highest BCUT2D eigenvalue weighted by molar-refractivity contribution is 5.60. The van der Waals surface area contributed by atoms with Crippen LogP contribution in [0.3, 0.4) is 0 Å². The zero-order chi connectivity index (χ0) is 15.5. The van der Waals surface area contributed by atoms with Gasteiger partial charge < -0.3 is 10.4 Å².